The summed E-state index contributed by atoms with van der Waals surface area (Å²) in [7, 11) is 0. The van der Waals surface area contributed by atoms with E-state index in [0.29, 0.717) is 22.9 Å². The van der Waals surface area contributed by atoms with Gasteiger partial charge in [-0.3, -0.25) is 5.41 Å². The van der Waals surface area contributed by atoms with Gasteiger partial charge in [-0.1, -0.05) is 49.2 Å². The number of rotatable bonds is 9. The van der Waals surface area contributed by atoms with Crippen molar-refractivity contribution in [3.63, 3.8) is 0 Å². The molecule has 6 heteroatoms. The van der Waals surface area contributed by atoms with Gasteiger partial charge in [0.05, 0.1) is 6.10 Å². The number of aliphatic hydroxyl groups is 1. The van der Waals surface area contributed by atoms with Gasteiger partial charge in [-0.2, -0.15) is 0 Å². The lowest BCUT2D eigenvalue weighted by atomic mass is 10.0. The molecule has 0 amide bonds. The lowest BCUT2D eigenvalue weighted by Gasteiger charge is -2.22. The number of unbranched alkanes of at least 4 members (excludes halogenated alkanes) is 1. The minimum Gasteiger partial charge on any atom is -0.460 e. The van der Waals surface area contributed by atoms with Crippen molar-refractivity contribution in [2.24, 2.45) is 5.73 Å². The molecule has 114 valence electrons. The normalized spacial score (nSPS) is 15.1. The zero-order valence-electron chi connectivity index (χ0n) is 11.6. The standard InChI is InChI=1S/C14H22Cl2N2O2/c1-3-4-8-13(20-14(17)18)12(19)7-5-6-11(16)9-10(2)15/h5-6,9,12-13,19H,2-4,7-8H2,1H3,(H3,17,18). The highest BCUT2D eigenvalue weighted by atomic mass is 35.5. The Hall–Kier alpha value is -0.970. The van der Waals surface area contributed by atoms with E-state index in [1.54, 1.807) is 12.2 Å². The molecule has 0 aliphatic rings. The molecule has 4 nitrogen and oxygen atoms in total. The van der Waals surface area contributed by atoms with Crippen LogP contribution in [-0.4, -0.2) is 23.3 Å². The summed E-state index contributed by atoms with van der Waals surface area (Å²) >= 11 is 11.5. The van der Waals surface area contributed by atoms with Crippen molar-refractivity contribution in [2.45, 2.75) is 44.8 Å². The largest absolute Gasteiger partial charge is 0.460 e. The Morgan fingerprint density at radius 2 is 2.15 bits per heavy atom. The average molecular weight is 321 g/mol. The van der Waals surface area contributed by atoms with Crippen LogP contribution in [0.1, 0.15) is 32.6 Å². The second-order valence-corrected chi connectivity index (χ2v) is 5.27. The highest BCUT2D eigenvalue weighted by Gasteiger charge is 2.19. The monoisotopic (exact) mass is 320 g/mol. The predicted molar refractivity (Wildman–Crippen MR) is 85.0 cm³/mol. The van der Waals surface area contributed by atoms with Gasteiger partial charge in [-0.25, -0.2) is 0 Å². The van der Waals surface area contributed by atoms with Crippen LogP contribution in [0, 0.1) is 5.41 Å². The Morgan fingerprint density at radius 3 is 2.65 bits per heavy atom. The topological polar surface area (TPSA) is 79.3 Å². The molecule has 0 saturated heterocycles. The minimum atomic E-state index is -0.745. The van der Waals surface area contributed by atoms with Gasteiger partial charge in [-0.05, 0) is 31.4 Å². The Labute approximate surface area is 130 Å². The molecule has 0 aromatic carbocycles. The van der Waals surface area contributed by atoms with Gasteiger partial charge in [0.15, 0.2) is 0 Å². The van der Waals surface area contributed by atoms with Crippen LogP contribution in [0.15, 0.2) is 34.9 Å². The van der Waals surface area contributed by atoms with Crippen molar-refractivity contribution in [3.8, 4) is 0 Å². The van der Waals surface area contributed by atoms with Crippen LogP contribution in [-0.2, 0) is 4.74 Å². The summed E-state index contributed by atoms with van der Waals surface area (Å²) in [6, 6.07) is -0.384. The van der Waals surface area contributed by atoms with Gasteiger partial charge >= 0.3 is 0 Å². The molecule has 0 aromatic heterocycles. The van der Waals surface area contributed by atoms with Crippen LogP contribution < -0.4 is 5.73 Å². The summed E-state index contributed by atoms with van der Waals surface area (Å²) < 4.78 is 5.13. The van der Waals surface area contributed by atoms with E-state index < -0.39 is 12.2 Å². The summed E-state index contributed by atoms with van der Waals surface area (Å²) in [5, 5.41) is 18.0. The third kappa shape index (κ3) is 9.89. The molecule has 0 radical (unpaired) electrons. The average Bonchev–Trinajstić information content (AvgIpc) is 2.32. The fourth-order valence-corrected chi connectivity index (χ4v) is 1.96. The summed E-state index contributed by atoms with van der Waals surface area (Å²) in [6.07, 6.45) is 6.49. The Morgan fingerprint density at radius 1 is 1.50 bits per heavy atom. The third-order valence-electron chi connectivity index (χ3n) is 2.50. The number of hydrogen-bond acceptors (Lipinski definition) is 3. The maximum Gasteiger partial charge on any atom is 0.279 e. The Bertz CT molecular complexity index is 381. The Balaban J connectivity index is 4.43. The molecule has 0 aromatic rings. The number of amidine groups is 1. The molecule has 0 heterocycles. The molecule has 0 rings (SSSR count). The van der Waals surface area contributed by atoms with Crippen LogP contribution in [0.3, 0.4) is 0 Å². The molecule has 0 aliphatic carbocycles. The Kier molecular flexibility index (Phi) is 10.3. The predicted octanol–water partition coefficient (Wildman–Crippen LogP) is 3.64. The van der Waals surface area contributed by atoms with Crippen molar-refractivity contribution >= 4 is 29.2 Å². The fraction of sp³-hybridized carbons (Fsp3) is 0.500. The van der Waals surface area contributed by atoms with Crippen LogP contribution in [0.25, 0.3) is 0 Å². The molecule has 2 atom stereocenters. The van der Waals surface area contributed by atoms with Crippen LogP contribution in [0.2, 0.25) is 0 Å². The molecule has 4 N–H and O–H groups in total. The van der Waals surface area contributed by atoms with Crippen molar-refractivity contribution < 1.29 is 9.84 Å². The number of hydrogen-bond donors (Lipinski definition) is 3. The van der Waals surface area contributed by atoms with Crippen LogP contribution in [0.4, 0.5) is 0 Å². The van der Waals surface area contributed by atoms with E-state index in [0.717, 1.165) is 12.8 Å². The maximum absolute atomic E-state index is 10.0. The van der Waals surface area contributed by atoms with E-state index in [1.807, 2.05) is 6.92 Å². The van der Waals surface area contributed by atoms with Crippen molar-refractivity contribution in [3.05, 3.63) is 34.9 Å². The van der Waals surface area contributed by atoms with Gasteiger partial charge in [0.2, 0.25) is 0 Å². The molecule has 0 fully saturated rings. The molecule has 0 aliphatic heterocycles. The third-order valence-corrected chi connectivity index (χ3v) is 2.84. The summed E-state index contributed by atoms with van der Waals surface area (Å²) in [6.45, 7) is 5.54. The first-order valence-corrected chi connectivity index (χ1v) is 7.19. The molecule has 0 bridgehead atoms. The number of nitrogens with two attached hydrogens (primary N) is 1. The second kappa shape index (κ2) is 10.8. The smallest absolute Gasteiger partial charge is 0.279 e. The zero-order valence-corrected chi connectivity index (χ0v) is 13.1. The summed E-state index contributed by atoms with van der Waals surface area (Å²) in [4.78, 5) is 0. The summed E-state index contributed by atoms with van der Waals surface area (Å²) in [5.41, 5.74) is 5.21. The highest BCUT2D eigenvalue weighted by molar-refractivity contribution is 6.35. The van der Waals surface area contributed by atoms with Crippen molar-refractivity contribution in [1.29, 1.82) is 5.41 Å². The number of nitrogens with one attached hydrogen (secondary N) is 1. The number of ether oxygens (including phenoxy) is 1. The number of halogens is 2. The first kappa shape index (κ1) is 19.0. The van der Waals surface area contributed by atoms with Gasteiger partial charge in [-0.15, -0.1) is 0 Å². The summed E-state index contributed by atoms with van der Waals surface area (Å²) in [5.74, 6) is 0. The van der Waals surface area contributed by atoms with Crippen LogP contribution >= 0.6 is 23.2 Å². The lowest BCUT2D eigenvalue weighted by molar-refractivity contribution is 0.0227. The van der Waals surface area contributed by atoms with E-state index in [-0.39, 0.29) is 6.02 Å². The second-order valence-electron chi connectivity index (χ2n) is 4.34. The molecular formula is C14H22Cl2N2O2. The van der Waals surface area contributed by atoms with E-state index in [4.69, 9.17) is 39.1 Å². The van der Waals surface area contributed by atoms with Gasteiger partial charge in [0.1, 0.15) is 6.10 Å². The van der Waals surface area contributed by atoms with Gasteiger partial charge in [0, 0.05) is 10.1 Å². The molecule has 0 saturated carbocycles. The maximum atomic E-state index is 10.0. The molecule has 0 spiro atoms. The van der Waals surface area contributed by atoms with Gasteiger partial charge < -0.3 is 15.6 Å². The van der Waals surface area contributed by atoms with Crippen molar-refractivity contribution in [1.82, 2.24) is 0 Å². The quantitative estimate of drug-likeness (QED) is 0.345. The van der Waals surface area contributed by atoms with Crippen molar-refractivity contribution in [2.75, 3.05) is 0 Å². The molecular weight excluding hydrogens is 299 g/mol. The zero-order chi connectivity index (χ0) is 15.5. The number of aliphatic hydroxyl groups excluding tert-OH is 1. The highest BCUT2D eigenvalue weighted by Crippen LogP contribution is 2.14. The van der Waals surface area contributed by atoms with E-state index in [1.165, 1.54) is 6.08 Å². The SMILES string of the molecule is C=C(Cl)C=C(Cl)C=CCC(O)C(CCCC)OC(=N)N. The van der Waals surface area contributed by atoms with E-state index in [2.05, 4.69) is 6.58 Å². The first-order valence-electron chi connectivity index (χ1n) is 6.43. The first-order chi connectivity index (χ1) is 9.36. The van der Waals surface area contributed by atoms with E-state index in [9.17, 15) is 5.11 Å². The molecule has 20 heavy (non-hydrogen) atoms. The number of allylic oxidation sites excluding steroid dienone is 4. The van der Waals surface area contributed by atoms with E-state index >= 15 is 0 Å². The molecule has 2 unspecified atom stereocenters. The lowest BCUT2D eigenvalue weighted by Crippen LogP contribution is -2.33. The minimum absolute atomic E-state index is 0.334. The fourth-order valence-electron chi connectivity index (χ4n) is 1.57. The van der Waals surface area contributed by atoms with Gasteiger partial charge in [0.25, 0.3) is 6.02 Å². The van der Waals surface area contributed by atoms with Crippen LogP contribution in [0.5, 0.6) is 0 Å².